The maximum absolute atomic E-state index is 5.70. The molecule has 8 nitrogen and oxygen atoms in total. The predicted octanol–water partition coefficient (Wildman–Crippen LogP) is 3.15. The number of H-pyrrole nitrogens is 1. The molecule has 0 unspecified atom stereocenters. The third kappa shape index (κ3) is 5.56. The summed E-state index contributed by atoms with van der Waals surface area (Å²) in [6.45, 7) is 4.10. The van der Waals surface area contributed by atoms with Gasteiger partial charge in [-0.25, -0.2) is 9.55 Å². The second kappa shape index (κ2) is 8.90. The number of anilines is 1. The van der Waals surface area contributed by atoms with Crippen molar-refractivity contribution in [1.82, 2.24) is 19.9 Å². The van der Waals surface area contributed by atoms with Crippen LogP contribution in [0.25, 0.3) is 0 Å². The minimum absolute atomic E-state index is 0.0290. The van der Waals surface area contributed by atoms with Crippen LogP contribution in [0.5, 0.6) is 0 Å². The number of hydrogen-bond acceptors (Lipinski definition) is 6. The van der Waals surface area contributed by atoms with E-state index < -0.39 is 0 Å². The highest BCUT2D eigenvalue weighted by Gasteiger charge is 2.05. The van der Waals surface area contributed by atoms with E-state index in [-0.39, 0.29) is 10.6 Å². The molecule has 124 valence electrons. The first kappa shape index (κ1) is 17.8. The van der Waals surface area contributed by atoms with Crippen LogP contribution in [0.1, 0.15) is 0 Å². The molecule has 2 rings (SSSR count). The molecule has 2 heterocycles. The van der Waals surface area contributed by atoms with Crippen molar-refractivity contribution in [3.63, 3.8) is 0 Å². The number of allylic oxidation sites excluding steroid dienone is 3. The Kier molecular flexibility index (Phi) is 6.59. The van der Waals surface area contributed by atoms with Crippen molar-refractivity contribution < 1.29 is 4.57 Å². The molecule has 0 atom stereocenters. The molecule has 0 aliphatic heterocycles. The quantitative estimate of drug-likeness (QED) is 0.447. The molecular weight excluding hydrogens is 351 g/mol. The highest BCUT2D eigenvalue weighted by molar-refractivity contribution is 6.31. The van der Waals surface area contributed by atoms with Gasteiger partial charge in [0.25, 0.3) is 0 Å². The van der Waals surface area contributed by atoms with Gasteiger partial charge in [-0.05, 0) is 35.4 Å². The third-order valence-corrected chi connectivity index (χ3v) is 2.98. The van der Waals surface area contributed by atoms with Gasteiger partial charge in [-0.1, -0.05) is 23.8 Å². The average Bonchev–Trinajstić information content (AvgIpc) is 2.93. The molecule has 24 heavy (non-hydrogen) atoms. The monoisotopic (exact) mass is 365 g/mol. The Morgan fingerprint density at radius 1 is 1.38 bits per heavy atom. The number of azo groups is 1. The molecule has 0 spiro atoms. The maximum atomic E-state index is 5.70. The number of nitrogens with zero attached hydrogens (tertiary/aromatic N) is 6. The molecule has 10 heteroatoms. The summed E-state index contributed by atoms with van der Waals surface area (Å²) in [5.41, 5.74) is 0.633. The van der Waals surface area contributed by atoms with Crippen molar-refractivity contribution in [1.29, 1.82) is 0 Å². The van der Waals surface area contributed by atoms with E-state index in [1.807, 2.05) is 23.9 Å². The van der Waals surface area contributed by atoms with Crippen LogP contribution >= 0.6 is 23.2 Å². The Labute approximate surface area is 148 Å². The molecule has 0 saturated carbocycles. The molecule has 0 radical (unpaired) electrons. The zero-order chi connectivity index (χ0) is 17.4. The van der Waals surface area contributed by atoms with Crippen molar-refractivity contribution in [2.24, 2.45) is 17.3 Å². The SMILES string of the molecule is C=C/C=C(\C=C/CNc1nc(Cl)nc(Cl)n1)N=Nc1[nH]cc[n+]1C. The molecule has 0 saturated heterocycles. The normalized spacial score (nSPS) is 12.2. The number of nitrogens with one attached hydrogen (secondary N) is 2. The van der Waals surface area contributed by atoms with E-state index in [9.17, 15) is 0 Å². The van der Waals surface area contributed by atoms with Gasteiger partial charge in [0.15, 0.2) is 0 Å². The first-order valence-corrected chi connectivity index (χ1v) is 7.59. The molecule has 2 N–H and O–H groups in total. The van der Waals surface area contributed by atoms with Crippen molar-refractivity contribution >= 4 is 35.1 Å². The van der Waals surface area contributed by atoms with Gasteiger partial charge in [0.2, 0.25) is 16.5 Å². The Morgan fingerprint density at radius 2 is 2.12 bits per heavy atom. The summed E-state index contributed by atoms with van der Waals surface area (Å²) in [4.78, 5) is 14.4. The van der Waals surface area contributed by atoms with Crippen LogP contribution < -0.4 is 9.88 Å². The van der Waals surface area contributed by atoms with Crippen LogP contribution in [0.3, 0.4) is 0 Å². The summed E-state index contributed by atoms with van der Waals surface area (Å²) < 4.78 is 1.81. The molecule has 0 bridgehead atoms. The van der Waals surface area contributed by atoms with Crippen molar-refractivity contribution in [2.75, 3.05) is 11.9 Å². The molecule has 0 amide bonds. The van der Waals surface area contributed by atoms with Crippen LogP contribution in [0, 0.1) is 0 Å². The number of hydrogen-bond donors (Lipinski definition) is 2. The van der Waals surface area contributed by atoms with Gasteiger partial charge in [-0.3, -0.25) is 0 Å². The van der Waals surface area contributed by atoms with Gasteiger partial charge in [-0.2, -0.15) is 15.0 Å². The van der Waals surface area contributed by atoms with Crippen molar-refractivity contribution in [2.45, 2.75) is 0 Å². The van der Waals surface area contributed by atoms with Gasteiger partial charge >= 0.3 is 5.95 Å². The largest absolute Gasteiger partial charge is 0.418 e. The highest BCUT2D eigenvalue weighted by atomic mass is 35.5. The van der Waals surface area contributed by atoms with E-state index in [0.717, 1.165) is 0 Å². The molecular formula is C14H15Cl2N8+. The summed E-state index contributed by atoms with van der Waals surface area (Å²) in [6, 6.07) is 0. The maximum Gasteiger partial charge on any atom is 0.418 e. The molecule has 0 aliphatic rings. The summed E-state index contributed by atoms with van der Waals surface area (Å²) >= 11 is 11.4. The van der Waals surface area contributed by atoms with Crippen LogP contribution in [0.15, 0.2) is 59.2 Å². The van der Waals surface area contributed by atoms with Crippen LogP contribution in [-0.2, 0) is 7.05 Å². The van der Waals surface area contributed by atoms with Gasteiger partial charge in [0.1, 0.15) is 5.70 Å². The van der Waals surface area contributed by atoms with E-state index >= 15 is 0 Å². The number of imidazole rings is 1. The molecule has 0 aromatic carbocycles. The summed E-state index contributed by atoms with van der Waals surface area (Å²) in [7, 11) is 1.87. The van der Waals surface area contributed by atoms with E-state index in [1.165, 1.54) is 0 Å². The first-order valence-electron chi connectivity index (χ1n) is 6.83. The number of aromatic nitrogens is 5. The number of aromatic amines is 1. The fraction of sp³-hybridized carbons (Fsp3) is 0.143. The predicted molar refractivity (Wildman–Crippen MR) is 92.2 cm³/mol. The van der Waals surface area contributed by atoms with E-state index in [1.54, 1.807) is 24.4 Å². The Hall–Kier alpha value is -2.58. The lowest BCUT2D eigenvalue weighted by atomic mass is 10.3. The Morgan fingerprint density at radius 3 is 2.75 bits per heavy atom. The lowest BCUT2D eigenvalue weighted by Crippen LogP contribution is -2.24. The van der Waals surface area contributed by atoms with Crippen LogP contribution in [-0.4, -0.2) is 26.5 Å². The number of aryl methyl sites for hydroxylation is 1. The Balaban J connectivity index is 1.96. The zero-order valence-electron chi connectivity index (χ0n) is 12.8. The van der Waals surface area contributed by atoms with Gasteiger partial charge in [0.05, 0.1) is 19.4 Å². The number of halogens is 2. The van der Waals surface area contributed by atoms with E-state index in [0.29, 0.717) is 24.1 Å². The summed E-state index contributed by atoms with van der Waals surface area (Å²) in [6.07, 6.45) is 10.6. The zero-order valence-corrected chi connectivity index (χ0v) is 14.3. The second-order valence-electron chi connectivity index (χ2n) is 4.40. The van der Waals surface area contributed by atoms with Gasteiger partial charge < -0.3 is 5.32 Å². The lowest BCUT2D eigenvalue weighted by Gasteiger charge is -2.01. The fourth-order valence-electron chi connectivity index (χ4n) is 1.58. The topological polar surface area (TPSA) is 95.1 Å². The van der Waals surface area contributed by atoms with E-state index in [4.69, 9.17) is 23.2 Å². The fourth-order valence-corrected chi connectivity index (χ4v) is 1.94. The smallest absolute Gasteiger partial charge is 0.351 e. The summed E-state index contributed by atoms with van der Waals surface area (Å²) in [5, 5.41) is 11.3. The minimum Gasteiger partial charge on any atom is -0.351 e. The van der Waals surface area contributed by atoms with Crippen molar-refractivity contribution in [3.8, 4) is 0 Å². The molecule has 2 aromatic rings. The molecule has 2 aromatic heterocycles. The molecule has 0 fully saturated rings. The second-order valence-corrected chi connectivity index (χ2v) is 5.08. The highest BCUT2D eigenvalue weighted by Crippen LogP contribution is 2.10. The standard InChI is InChI=1S/C14H14Cl2N8/c1-3-5-10(22-23-14-18-8-9-24(14)2)6-4-7-17-13-20-11(15)19-12(16)21-13/h3-6,8-9H,1,7H2,2H3,(H,17,19,20,21)/p+1/b6-4-,10-5+,23-22?. The van der Waals surface area contributed by atoms with Gasteiger partial charge in [0, 0.05) is 11.7 Å². The summed E-state index contributed by atoms with van der Waals surface area (Å²) in [5.74, 6) is 0.921. The van der Waals surface area contributed by atoms with Crippen LogP contribution in [0.2, 0.25) is 10.6 Å². The van der Waals surface area contributed by atoms with E-state index in [2.05, 4.69) is 42.1 Å². The van der Waals surface area contributed by atoms with Crippen LogP contribution in [0.4, 0.5) is 11.9 Å². The van der Waals surface area contributed by atoms with Gasteiger partial charge in [-0.15, -0.1) is 0 Å². The average molecular weight is 366 g/mol. The van der Waals surface area contributed by atoms with Crippen molar-refractivity contribution in [3.05, 3.63) is 59.5 Å². The lowest BCUT2D eigenvalue weighted by molar-refractivity contribution is -0.657. The third-order valence-electron chi connectivity index (χ3n) is 2.64. The number of rotatable bonds is 7. The Bertz CT molecular complexity index is 774. The first-order chi connectivity index (χ1) is 11.6. The minimum atomic E-state index is 0.0290. The molecule has 0 aliphatic carbocycles.